The van der Waals surface area contributed by atoms with Crippen LogP contribution >= 0.6 is 15.9 Å². The number of halogens is 1. The molecule has 0 aliphatic carbocycles. The minimum Gasteiger partial charge on any atom is -0.324 e. The van der Waals surface area contributed by atoms with E-state index in [1.54, 1.807) is 0 Å². The van der Waals surface area contributed by atoms with E-state index in [4.69, 9.17) is 5.73 Å². The zero-order valence-corrected chi connectivity index (χ0v) is 12.7. The molecule has 1 aliphatic heterocycles. The Hall–Kier alpha value is -0.380. The van der Waals surface area contributed by atoms with E-state index >= 15 is 0 Å². The van der Waals surface area contributed by atoms with Crippen molar-refractivity contribution in [2.24, 2.45) is 11.7 Å². The summed E-state index contributed by atoms with van der Waals surface area (Å²) in [5, 5.41) is 0. The summed E-state index contributed by atoms with van der Waals surface area (Å²) in [6.07, 6.45) is 3.71. The third-order valence-electron chi connectivity index (χ3n) is 4.01. The molecule has 0 radical (unpaired) electrons. The Morgan fingerprint density at radius 3 is 2.89 bits per heavy atom. The molecule has 1 aromatic rings. The molecule has 100 valence electrons. The first-order chi connectivity index (χ1) is 8.70. The smallest absolute Gasteiger partial charge is 0.0318 e. The van der Waals surface area contributed by atoms with Gasteiger partial charge in [-0.2, -0.15) is 0 Å². The molecule has 2 N–H and O–H groups in total. The molecule has 1 aliphatic rings. The lowest BCUT2D eigenvalue weighted by Crippen LogP contribution is -2.25. The topological polar surface area (TPSA) is 29.3 Å². The molecule has 1 fully saturated rings. The van der Waals surface area contributed by atoms with Crippen LogP contribution in [0.5, 0.6) is 0 Å². The van der Waals surface area contributed by atoms with Crippen LogP contribution in [0.25, 0.3) is 0 Å². The number of nitrogens with zero attached hydrogens (tertiary/aromatic N) is 1. The Bertz CT molecular complexity index is 381. The van der Waals surface area contributed by atoms with Crippen molar-refractivity contribution < 1.29 is 0 Å². The van der Waals surface area contributed by atoms with Gasteiger partial charge >= 0.3 is 0 Å². The Morgan fingerprint density at radius 1 is 1.44 bits per heavy atom. The Morgan fingerprint density at radius 2 is 2.22 bits per heavy atom. The van der Waals surface area contributed by atoms with Crippen LogP contribution < -0.4 is 5.73 Å². The number of hydrogen-bond acceptors (Lipinski definition) is 2. The van der Waals surface area contributed by atoms with E-state index in [2.05, 4.69) is 46.0 Å². The number of likely N-dealkylation sites (tertiary alicyclic amines) is 1. The Labute approximate surface area is 119 Å². The Balaban J connectivity index is 1.82. The lowest BCUT2D eigenvalue weighted by molar-refractivity contribution is 0.308. The average Bonchev–Trinajstić information content (AvgIpc) is 2.84. The SMILES string of the molecule is CCC1CCN(CCC(N)c2ccccc2Br)C1. The zero-order chi connectivity index (χ0) is 13.0. The van der Waals surface area contributed by atoms with Gasteiger partial charge in [0.25, 0.3) is 0 Å². The van der Waals surface area contributed by atoms with Gasteiger partial charge in [-0.1, -0.05) is 47.5 Å². The fourth-order valence-electron chi connectivity index (χ4n) is 2.70. The Kier molecular flexibility index (Phi) is 5.22. The largest absolute Gasteiger partial charge is 0.324 e. The molecule has 18 heavy (non-hydrogen) atoms. The van der Waals surface area contributed by atoms with Gasteiger partial charge in [-0.15, -0.1) is 0 Å². The minimum absolute atomic E-state index is 0.140. The summed E-state index contributed by atoms with van der Waals surface area (Å²) in [5.41, 5.74) is 7.51. The molecule has 0 amide bonds. The second-order valence-corrected chi connectivity index (χ2v) is 6.13. The molecule has 0 bridgehead atoms. The summed E-state index contributed by atoms with van der Waals surface area (Å²) in [4.78, 5) is 2.56. The second kappa shape index (κ2) is 6.69. The van der Waals surface area contributed by atoms with Gasteiger partial charge in [0, 0.05) is 17.1 Å². The molecule has 1 saturated heterocycles. The molecule has 2 rings (SSSR count). The van der Waals surface area contributed by atoms with Crippen molar-refractivity contribution in [3.05, 3.63) is 34.3 Å². The fraction of sp³-hybridized carbons (Fsp3) is 0.600. The van der Waals surface area contributed by atoms with Crippen molar-refractivity contribution in [1.29, 1.82) is 0 Å². The molecule has 0 spiro atoms. The predicted octanol–water partition coefficient (Wildman–Crippen LogP) is 3.57. The molecule has 3 heteroatoms. The van der Waals surface area contributed by atoms with Gasteiger partial charge in [0.15, 0.2) is 0 Å². The highest BCUT2D eigenvalue weighted by Gasteiger charge is 2.21. The van der Waals surface area contributed by atoms with Gasteiger partial charge in [0.05, 0.1) is 0 Å². The van der Waals surface area contributed by atoms with Crippen LogP contribution in [0.15, 0.2) is 28.7 Å². The van der Waals surface area contributed by atoms with Crippen LogP contribution in [0.1, 0.15) is 37.8 Å². The van der Waals surface area contributed by atoms with Gasteiger partial charge in [-0.25, -0.2) is 0 Å². The highest BCUT2D eigenvalue weighted by atomic mass is 79.9. The van der Waals surface area contributed by atoms with E-state index in [-0.39, 0.29) is 6.04 Å². The van der Waals surface area contributed by atoms with E-state index in [0.29, 0.717) is 0 Å². The van der Waals surface area contributed by atoms with E-state index in [0.717, 1.165) is 23.4 Å². The summed E-state index contributed by atoms with van der Waals surface area (Å²) in [7, 11) is 0. The normalized spacial score (nSPS) is 22.3. The van der Waals surface area contributed by atoms with Crippen LogP contribution in [0, 0.1) is 5.92 Å². The van der Waals surface area contributed by atoms with Crippen molar-refractivity contribution >= 4 is 15.9 Å². The molecular weight excluding hydrogens is 288 g/mol. The minimum atomic E-state index is 0.140. The molecular formula is C15H23BrN2. The molecule has 2 atom stereocenters. The summed E-state index contributed by atoms with van der Waals surface area (Å²) < 4.78 is 1.13. The van der Waals surface area contributed by atoms with Crippen molar-refractivity contribution in [3.8, 4) is 0 Å². The lowest BCUT2D eigenvalue weighted by Gasteiger charge is -2.19. The van der Waals surface area contributed by atoms with Crippen LogP contribution in [0.4, 0.5) is 0 Å². The zero-order valence-electron chi connectivity index (χ0n) is 11.1. The number of hydrogen-bond donors (Lipinski definition) is 1. The highest BCUT2D eigenvalue weighted by molar-refractivity contribution is 9.10. The van der Waals surface area contributed by atoms with Gasteiger partial charge in [0.2, 0.25) is 0 Å². The van der Waals surface area contributed by atoms with E-state index in [1.165, 1.54) is 31.5 Å². The molecule has 0 saturated carbocycles. The molecule has 2 unspecified atom stereocenters. The fourth-order valence-corrected chi connectivity index (χ4v) is 3.28. The van der Waals surface area contributed by atoms with Crippen molar-refractivity contribution in [1.82, 2.24) is 4.90 Å². The van der Waals surface area contributed by atoms with Crippen LogP contribution in [0.3, 0.4) is 0 Å². The standard InChI is InChI=1S/C15H23BrN2/c1-2-12-7-9-18(11-12)10-8-15(17)13-5-3-4-6-14(13)16/h3-6,12,15H,2,7-11,17H2,1H3. The lowest BCUT2D eigenvalue weighted by atomic mass is 10.0. The predicted molar refractivity (Wildman–Crippen MR) is 80.5 cm³/mol. The number of benzene rings is 1. The van der Waals surface area contributed by atoms with E-state index in [1.807, 2.05) is 6.07 Å². The average molecular weight is 311 g/mol. The monoisotopic (exact) mass is 310 g/mol. The van der Waals surface area contributed by atoms with Gasteiger partial charge in [0.1, 0.15) is 0 Å². The number of nitrogens with two attached hydrogens (primary N) is 1. The molecule has 0 aromatic heterocycles. The van der Waals surface area contributed by atoms with E-state index < -0.39 is 0 Å². The quantitative estimate of drug-likeness (QED) is 0.901. The highest BCUT2D eigenvalue weighted by Crippen LogP contribution is 2.25. The maximum atomic E-state index is 6.28. The van der Waals surface area contributed by atoms with E-state index in [9.17, 15) is 0 Å². The maximum Gasteiger partial charge on any atom is 0.0318 e. The molecule has 1 heterocycles. The first-order valence-corrected chi connectivity index (χ1v) is 7.72. The van der Waals surface area contributed by atoms with Gasteiger partial charge < -0.3 is 10.6 Å². The third kappa shape index (κ3) is 3.56. The number of rotatable bonds is 5. The van der Waals surface area contributed by atoms with Crippen LogP contribution in [0.2, 0.25) is 0 Å². The maximum absolute atomic E-state index is 6.28. The van der Waals surface area contributed by atoms with Crippen LogP contribution in [-0.4, -0.2) is 24.5 Å². The van der Waals surface area contributed by atoms with Crippen molar-refractivity contribution in [2.75, 3.05) is 19.6 Å². The van der Waals surface area contributed by atoms with Gasteiger partial charge in [-0.3, -0.25) is 0 Å². The second-order valence-electron chi connectivity index (χ2n) is 5.28. The molecule has 1 aromatic carbocycles. The third-order valence-corrected chi connectivity index (χ3v) is 4.73. The summed E-state index contributed by atoms with van der Waals surface area (Å²) in [5.74, 6) is 0.907. The van der Waals surface area contributed by atoms with Gasteiger partial charge in [-0.05, 0) is 43.5 Å². The first kappa shape index (κ1) is 14.0. The summed E-state index contributed by atoms with van der Waals surface area (Å²) in [6, 6.07) is 8.42. The first-order valence-electron chi connectivity index (χ1n) is 6.93. The van der Waals surface area contributed by atoms with Crippen molar-refractivity contribution in [2.45, 2.75) is 32.2 Å². The molecule has 2 nitrogen and oxygen atoms in total. The van der Waals surface area contributed by atoms with Crippen molar-refractivity contribution in [3.63, 3.8) is 0 Å². The summed E-state index contributed by atoms with van der Waals surface area (Å²) >= 11 is 3.58. The van der Waals surface area contributed by atoms with Crippen LogP contribution in [-0.2, 0) is 0 Å². The summed E-state index contributed by atoms with van der Waals surface area (Å²) in [6.45, 7) is 5.93.